The molecule has 7 heteroatoms. The fourth-order valence-electron chi connectivity index (χ4n) is 5.09. The highest BCUT2D eigenvalue weighted by molar-refractivity contribution is 9.10. The second-order valence-electron chi connectivity index (χ2n) is 9.14. The van der Waals surface area contributed by atoms with Crippen molar-refractivity contribution in [2.24, 2.45) is 5.92 Å². The molecule has 3 heterocycles. The Morgan fingerprint density at radius 3 is 2.55 bits per heavy atom. The van der Waals surface area contributed by atoms with Crippen LogP contribution in [0.5, 0.6) is 5.75 Å². The smallest absolute Gasteiger partial charge is 0.172 e. The van der Waals surface area contributed by atoms with Crippen LogP contribution in [0.1, 0.15) is 45.4 Å². The maximum atomic E-state index is 10.3. The summed E-state index contributed by atoms with van der Waals surface area (Å²) in [5.41, 5.74) is 2.21. The molecule has 0 bridgehead atoms. The van der Waals surface area contributed by atoms with E-state index in [4.69, 9.17) is 4.98 Å². The van der Waals surface area contributed by atoms with Crippen molar-refractivity contribution in [1.82, 2.24) is 19.5 Å². The van der Waals surface area contributed by atoms with Crippen molar-refractivity contribution in [3.63, 3.8) is 0 Å². The Bertz CT molecular complexity index is 1050. The van der Waals surface area contributed by atoms with Gasteiger partial charge in [-0.3, -0.25) is 0 Å². The molecule has 0 atom stereocenters. The molecule has 2 aliphatic rings. The highest BCUT2D eigenvalue weighted by atomic mass is 79.9. The first-order valence-electron chi connectivity index (χ1n) is 11.4. The second kappa shape index (κ2) is 8.79. The monoisotopic (exact) mass is 483 g/mol. The van der Waals surface area contributed by atoms with Crippen molar-refractivity contribution in [3.05, 3.63) is 41.0 Å². The molecule has 6 nitrogen and oxygen atoms in total. The number of aromatic nitrogens is 3. The molecule has 1 aliphatic carbocycles. The zero-order valence-corrected chi connectivity index (χ0v) is 19.6. The molecule has 5 rings (SSSR count). The van der Waals surface area contributed by atoms with Crippen LogP contribution in [0.25, 0.3) is 16.9 Å². The van der Waals surface area contributed by atoms with E-state index in [0.29, 0.717) is 6.04 Å². The fraction of sp³-hybridized carbons (Fsp3) is 0.500. The molecule has 1 aromatic carbocycles. The van der Waals surface area contributed by atoms with Gasteiger partial charge < -0.3 is 15.3 Å². The summed E-state index contributed by atoms with van der Waals surface area (Å²) in [6.07, 6.45) is 9.50. The van der Waals surface area contributed by atoms with Gasteiger partial charge in [0.1, 0.15) is 11.6 Å². The van der Waals surface area contributed by atoms with Crippen molar-refractivity contribution in [2.45, 2.75) is 57.5 Å². The van der Waals surface area contributed by atoms with Gasteiger partial charge in [-0.25, -0.2) is 4.98 Å². The van der Waals surface area contributed by atoms with Gasteiger partial charge in [-0.05, 0) is 72.5 Å². The van der Waals surface area contributed by atoms with Gasteiger partial charge in [0.15, 0.2) is 5.65 Å². The Labute approximate surface area is 191 Å². The van der Waals surface area contributed by atoms with Crippen LogP contribution in [-0.2, 0) is 0 Å². The molecule has 31 heavy (non-hydrogen) atoms. The minimum atomic E-state index is 0.232. The number of phenolic OH excluding ortho intramolecular Hbond substituents is 1. The Kier molecular flexibility index (Phi) is 5.89. The molecule has 2 aromatic heterocycles. The molecule has 1 saturated carbocycles. The van der Waals surface area contributed by atoms with Crippen molar-refractivity contribution in [2.75, 3.05) is 18.4 Å². The van der Waals surface area contributed by atoms with Gasteiger partial charge in [-0.1, -0.05) is 19.1 Å². The number of benzene rings is 1. The van der Waals surface area contributed by atoms with Gasteiger partial charge in [-0.2, -0.15) is 9.61 Å². The van der Waals surface area contributed by atoms with E-state index in [9.17, 15) is 5.11 Å². The first-order valence-corrected chi connectivity index (χ1v) is 12.2. The summed E-state index contributed by atoms with van der Waals surface area (Å²) >= 11 is 3.56. The lowest BCUT2D eigenvalue weighted by molar-refractivity contribution is 0.113. The summed E-state index contributed by atoms with van der Waals surface area (Å²) in [5, 5.41) is 18.6. The molecule has 0 radical (unpaired) electrons. The molecule has 0 amide bonds. The molecule has 164 valence electrons. The number of rotatable bonds is 4. The van der Waals surface area contributed by atoms with Gasteiger partial charge in [0, 0.05) is 36.8 Å². The summed E-state index contributed by atoms with van der Waals surface area (Å²) in [6, 6.07) is 10.5. The van der Waals surface area contributed by atoms with Gasteiger partial charge in [0.05, 0.1) is 16.4 Å². The lowest BCUT2D eigenvalue weighted by atomic mass is 9.85. The number of fused-ring (bicyclic) bond motifs is 1. The number of likely N-dealkylation sites (tertiary alicyclic amines) is 1. The molecule has 3 aromatic rings. The van der Waals surface area contributed by atoms with Crippen LogP contribution < -0.4 is 5.32 Å². The predicted molar refractivity (Wildman–Crippen MR) is 127 cm³/mol. The Balaban J connectivity index is 1.34. The number of halogens is 1. The highest BCUT2D eigenvalue weighted by Gasteiger charge is 2.28. The topological polar surface area (TPSA) is 65.7 Å². The third-order valence-electron chi connectivity index (χ3n) is 6.99. The van der Waals surface area contributed by atoms with Crippen molar-refractivity contribution in [3.8, 4) is 17.0 Å². The zero-order chi connectivity index (χ0) is 21.4. The normalized spacial score (nSPS) is 23.3. The lowest BCUT2D eigenvalue weighted by Crippen LogP contribution is -2.45. The van der Waals surface area contributed by atoms with Crippen molar-refractivity contribution >= 4 is 27.4 Å². The van der Waals surface area contributed by atoms with Crippen LogP contribution in [0.15, 0.2) is 41.0 Å². The van der Waals surface area contributed by atoms with E-state index < -0.39 is 0 Å². The number of piperidine rings is 1. The summed E-state index contributed by atoms with van der Waals surface area (Å²) < 4.78 is 2.69. The highest BCUT2D eigenvalue weighted by Crippen LogP contribution is 2.33. The van der Waals surface area contributed by atoms with Crippen LogP contribution in [0.4, 0.5) is 5.82 Å². The average molecular weight is 484 g/mol. The SMILES string of the molecule is CC1CCC(N2CCC(Nc3cc(-c4ccccc4O)nc4c(Br)cnn34)CC2)CC1. The van der Waals surface area contributed by atoms with Crippen molar-refractivity contribution in [1.29, 1.82) is 0 Å². The van der Waals surface area contributed by atoms with Crippen LogP contribution >= 0.6 is 15.9 Å². The van der Waals surface area contributed by atoms with Crippen molar-refractivity contribution < 1.29 is 5.11 Å². The van der Waals surface area contributed by atoms with E-state index in [1.165, 1.54) is 25.7 Å². The van der Waals surface area contributed by atoms with E-state index >= 15 is 0 Å². The fourth-order valence-corrected chi connectivity index (χ4v) is 5.44. The molecule has 2 fully saturated rings. The molecule has 0 unspecified atom stereocenters. The third-order valence-corrected chi connectivity index (χ3v) is 7.55. The number of aromatic hydroxyl groups is 1. The average Bonchev–Trinajstić information content (AvgIpc) is 3.16. The lowest BCUT2D eigenvalue weighted by Gasteiger charge is -2.40. The summed E-state index contributed by atoms with van der Waals surface area (Å²) in [7, 11) is 0. The second-order valence-corrected chi connectivity index (χ2v) is 9.99. The Morgan fingerprint density at radius 2 is 1.81 bits per heavy atom. The van der Waals surface area contributed by atoms with E-state index in [1.807, 2.05) is 28.8 Å². The summed E-state index contributed by atoms with van der Waals surface area (Å²) in [5.74, 6) is 2.05. The van der Waals surface area contributed by atoms with E-state index in [-0.39, 0.29) is 5.75 Å². The van der Waals surface area contributed by atoms with Crippen LogP contribution in [0.3, 0.4) is 0 Å². The predicted octanol–water partition coefficient (Wildman–Crippen LogP) is 5.32. The first-order chi connectivity index (χ1) is 15.1. The number of phenols is 1. The molecule has 2 N–H and O–H groups in total. The summed E-state index contributed by atoms with van der Waals surface area (Å²) in [6.45, 7) is 4.69. The Hall–Kier alpha value is -2.12. The zero-order valence-electron chi connectivity index (χ0n) is 18.0. The van der Waals surface area contributed by atoms with E-state index in [1.54, 1.807) is 12.3 Å². The number of hydrogen-bond donors (Lipinski definition) is 2. The summed E-state index contributed by atoms with van der Waals surface area (Å²) in [4.78, 5) is 7.46. The molecule has 1 saturated heterocycles. The van der Waals surface area contributed by atoms with Crippen LogP contribution in [-0.4, -0.2) is 49.8 Å². The number of para-hydroxylation sites is 1. The van der Waals surface area contributed by atoms with E-state index in [2.05, 4.69) is 38.2 Å². The molecule has 0 spiro atoms. The maximum Gasteiger partial charge on any atom is 0.172 e. The number of nitrogens with one attached hydrogen (secondary N) is 1. The minimum absolute atomic E-state index is 0.232. The standard InChI is InChI=1S/C24H30BrN5O/c1-16-6-8-18(9-7-16)29-12-10-17(11-13-29)27-23-14-21(19-4-2-3-5-22(19)31)28-24-20(25)15-26-30(23)24/h2-5,14-18,27,31H,6-13H2,1H3. The number of hydrogen-bond acceptors (Lipinski definition) is 5. The molecular formula is C24H30BrN5O. The third kappa shape index (κ3) is 4.30. The number of anilines is 1. The quantitative estimate of drug-likeness (QED) is 0.525. The van der Waals surface area contributed by atoms with Gasteiger partial charge in [0.2, 0.25) is 0 Å². The largest absolute Gasteiger partial charge is 0.507 e. The maximum absolute atomic E-state index is 10.3. The Morgan fingerprint density at radius 1 is 1.06 bits per heavy atom. The first kappa shape index (κ1) is 20.8. The van der Waals surface area contributed by atoms with Gasteiger partial charge in [-0.15, -0.1) is 0 Å². The van der Waals surface area contributed by atoms with Crippen LogP contribution in [0.2, 0.25) is 0 Å². The minimum Gasteiger partial charge on any atom is -0.507 e. The molecule has 1 aliphatic heterocycles. The van der Waals surface area contributed by atoms with Gasteiger partial charge in [0.25, 0.3) is 0 Å². The van der Waals surface area contributed by atoms with Gasteiger partial charge >= 0.3 is 0 Å². The number of nitrogens with zero attached hydrogens (tertiary/aromatic N) is 4. The van der Waals surface area contributed by atoms with E-state index in [0.717, 1.165) is 65.1 Å². The molecular weight excluding hydrogens is 454 g/mol. The van der Waals surface area contributed by atoms with Crippen LogP contribution in [0, 0.1) is 5.92 Å².